The summed E-state index contributed by atoms with van der Waals surface area (Å²) >= 11 is 6.09. The van der Waals surface area contributed by atoms with E-state index in [1.807, 2.05) is 0 Å². The third-order valence-electron chi connectivity index (χ3n) is 3.28. The molecule has 0 radical (unpaired) electrons. The predicted molar refractivity (Wildman–Crippen MR) is 84.6 cm³/mol. The molecule has 0 fully saturated rings. The largest absolute Gasteiger partial charge is 0.491 e. The second kappa shape index (κ2) is 5.77. The summed E-state index contributed by atoms with van der Waals surface area (Å²) in [5.41, 5.74) is 6.95. The van der Waals surface area contributed by atoms with Gasteiger partial charge in [0.05, 0.1) is 25.5 Å². The van der Waals surface area contributed by atoms with E-state index in [2.05, 4.69) is 9.97 Å². The second-order valence-corrected chi connectivity index (χ2v) is 4.97. The molecule has 0 spiro atoms. The van der Waals surface area contributed by atoms with Gasteiger partial charge in [-0.05, 0) is 18.2 Å². The number of nitrogens with zero attached hydrogens (tertiary/aromatic N) is 2. The minimum Gasteiger partial charge on any atom is -0.491 e. The number of furan rings is 1. The molecule has 0 aliphatic rings. The van der Waals surface area contributed by atoms with E-state index >= 15 is 0 Å². The van der Waals surface area contributed by atoms with Crippen molar-refractivity contribution >= 4 is 34.4 Å². The Kier molecular flexibility index (Phi) is 3.79. The number of anilines is 1. The Morgan fingerprint density at radius 1 is 1.26 bits per heavy atom. The van der Waals surface area contributed by atoms with Crippen molar-refractivity contribution < 1.29 is 18.7 Å². The molecule has 0 aliphatic heterocycles. The molecule has 7 nitrogen and oxygen atoms in total. The van der Waals surface area contributed by atoms with Crippen LogP contribution in [-0.2, 0) is 4.74 Å². The molecular formula is C15H12ClN3O4. The van der Waals surface area contributed by atoms with Crippen LogP contribution >= 0.6 is 11.6 Å². The van der Waals surface area contributed by atoms with Gasteiger partial charge in [0.1, 0.15) is 0 Å². The standard InChI is InChI=1S/C15H12ClN3O4/c1-21-12-10(15(20)22-2)18-14(19-13(12)17)8-3-4-9(16)11-7(8)5-6-23-11/h3-6H,1-2H3,(H2,17,18,19). The number of hydrogen-bond acceptors (Lipinski definition) is 7. The molecule has 0 unspecified atom stereocenters. The van der Waals surface area contributed by atoms with E-state index in [-0.39, 0.29) is 23.1 Å². The first-order valence-corrected chi connectivity index (χ1v) is 6.90. The van der Waals surface area contributed by atoms with Gasteiger partial charge in [-0.1, -0.05) is 11.6 Å². The first-order valence-electron chi connectivity index (χ1n) is 6.52. The van der Waals surface area contributed by atoms with Gasteiger partial charge >= 0.3 is 5.97 Å². The number of nitrogen functional groups attached to an aromatic ring is 1. The zero-order valence-electron chi connectivity index (χ0n) is 12.3. The molecule has 3 aromatic rings. The van der Waals surface area contributed by atoms with E-state index in [0.717, 1.165) is 0 Å². The van der Waals surface area contributed by atoms with Gasteiger partial charge < -0.3 is 19.6 Å². The van der Waals surface area contributed by atoms with Crippen molar-refractivity contribution in [2.75, 3.05) is 20.0 Å². The smallest absolute Gasteiger partial charge is 0.360 e. The van der Waals surface area contributed by atoms with Gasteiger partial charge in [-0.15, -0.1) is 0 Å². The summed E-state index contributed by atoms with van der Waals surface area (Å²) in [6.07, 6.45) is 1.51. The molecule has 0 bridgehead atoms. The summed E-state index contributed by atoms with van der Waals surface area (Å²) in [6, 6.07) is 5.12. The Labute approximate surface area is 136 Å². The summed E-state index contributed by atoms with van der Waals surface area (Å²) in [5.74, 6) is -0.330. The monoisotopic (exact) mass is 333 g/mol. The number of carbonyl (C=O) groups is 1. The lowest BCUT2D eigenvalue weighted by atomic mass is 10.1. The predicted octanol–water partition coefficient (Wildman–Crippen LogP) is 2.92. The van der Waals surface area contributed by atoms with Gasteiger partial charge in [0, 0.05) is 10.9 Å². The number of methoxy groups -OCH3 is 2. The van der Waals surface area contributed by atoms with Crippen molar-refractivity contribution in [2.24, 2.45) is 0 Å². The molecule has 2 N–H and O–H groups in total. The Hall–Kier alpha value is -2.80. The summed E-state index contributed by atoms with van der Waals surface area (Å²) < 4.78 is 15.2. The summed E-state index contributed by atoms with van der Waals surface area (Å²) in [7, 11) is 2.62. The van der Waals surface area contributed by atoms with E-state index in [1.165, 1.54) is 20.5 Å². The topological polar surface area (TPSA) is 100 Å². The van der Waals surface area contributed by atoms with Crippen LogP contribution in [0.1, 0.15) is 10.5 Å². The van der Waals surface area contributed by atoms with Gasteiger partial charge in [0.25, 0.3) is 0 Å². The lowest BCUT2D eigenvalue weighted by Crippen LogP contribution is -2.11. The fraction of sp³-hybridized carbons (Fsp3) is 0.133. The van der Waals surface area contributed by atoms with Crippen LogP contribution in [0.25, 0.3) is 22.4 Å². The maximum atomic E-state index is 11.9. The number of benzene rings is 1. The Balaban J connectivity index is 2.27. The van der Waals surface area contributed by atoms with Crippen molar-refractivity contribution in [1.82, 2.24) is 9.97 Å². The van der Waals surface area contributed by atoms with Gasteiger partial charge in [-0.25, -0.2) is 14.8 Å². The summed E-state index contributed by atoms with van der Waals surface area (Å²) in [5, 5.41) is 1.17. The second-order valence-electron chi connectivity index (χ2n) is 4.56. The minimum atomic E-state index is -0.672. The molecular weight excluding hydrogens is 322 g/mol. The van der Waals surface area contributed by atoms with Crippen LogP contribution in [0.5, 0.6) is 5.75 Å². The highest BCUT2D eigenvalue weighted by molar-refractivity contribution is 6.35. The molecule has 0 aliphatic carbocycles. The molecule has 0 saturated heterocycles. The third kappa shape index (κ3) is 2.44. The maximum Gasteiger partial charge on any atom is 0.360 e. The van der Waals surface area contributed by atoms with Crippen LogP contribution in [0.15, 0.2) is 28.9 Å². The van der Waals surface area contributed by atoms with Crippen LogP contribution in [0, 0.1) is 0 Å². The molecule has 0 amide bonds. The molecule has 2 heterocycles. The van der Waals surface area contributed by atoms with Gasteiger partial charge in [0.15, 0.2) is 28.7 Å². The van der Waals surface area contributed by atoms with E-state index in [0.29, 0.717) is 21.6 Å². The SMILES string of the molecule is COC(=O)c1nc(-c2ccc(Cl)c3occc23)nc(N)c1OC. The van der Waals surface area contributed by atoms with Crippen LogP contribution in [0.3, 0.4) is 0 Å². The molecule has 1 aromatic carbocycles. The molecule has 0 atom stereocenters. The minimum absolute atomic E-state index is 0.0319. The number of carbonyl (C=O) groups excluding carboxylic acids is 1. The Morgan fingerprint density at radius 2 is 2.04 bits per heavy atom. The maximum absolute atomic E-state index is 11.9. The lowest BCUT2D eigenvalue weighted by molar-refractivity contribution is 0.0590. The van der Waals surface area contributed by atoms with Gasteiger partial charge in [-0.2, -0.15) is 0 Å². The van der Waals surface area contributed by atoms with Crippen molar-refractivity contribution in [3.05, 3.63) is 35.2 Å². The Bertz CT molecular complexity index is 907. The summed E-state index contributed by atoms with van der Waals surface area (Å²) in [4.78, 5) is 20.3. The highest BCUT2D eigenvalue weighted by atomic mass is 35.5. The lowest BCUT2D eigenvalue weighted by Gasteiger charge is -2.11. The number of halogens is 1. The first kappa shape index (κ1) is 15.1. The normalized spacial score (nSPS) is 10.7. The van der Waals surface area contributed by atoms with Crippen LogP contribution in [0.2, 0.25) is 5.02 Å². The molecule has 8 heteroatoms. The van der Waals surface area contributed by atoms with Crippen LogP contribution < -0.4 is 10.5 Å². The van der Waals surface area contributed by atoms with Crippen LogP contribution in [0.4, 0.5) is 5.82 Å². The van der Waals surface area contributed by atoms with Gasteiger partial charge in [0.2, 0.25) is 0 Å². The third-order valence-corrected chi connectivity index (χ3v) is 3.58. The molecule has 2 aromatic heterocycles. The number of rotatable bonds is 3. The van der Waals surface area contributed by atoms with E-state index < -0.39 is 5.97 Å². The fourth-order valence-corrected chi connectivity index (χ4v) is 2.46. The quantitative estimate of drug-likeness (QED) is 0.735. The number of esters is 1. The molecule has 118 valence electrons. The van der Waals surface area contributed by atoms with Crippen molar-refractivity contribution in [3.63, 3.8) is 0 Å². The molecule has 3 rings (SSSR count). The number of aromatic nitrogens is 2. The number of hydrogen-bond donors (Lipinski definition) is 1. The summed E-state index contributed by atoms with van der Waals surface area (Å²) in [6.45, 7) is 0. The molecule has 0 saturated carbocycles. The fourth-order valence-electron chi connectivity index (χ4n) is 2.25. The van der Waals surface area contributed by atoms with Gasteiger partial charge in [-0.3, -0.25) is 0 Å². The highest BCUT2D eigenvalue weighted by Crippen LogP contribution is 2.34. The number of ether oxygens (including phenoxy) is 2. The zero-order chi connectivity index (χ0) is 16.6. The average molecular weight is 334 g/mol. The van der Waals surface area contributed by atoms with E-state index in [9.17, 15) is 4.79 Å². The zero-order valence-corrected chi connectivity index (χ0v) is 13.0. The number of nitrogens with two attached hydrogens (primary N) is 1. The van der Waals surface area contributed by atoms with Crippen LogP contribution in [-0.4, -0.2) is 30.2 Å². The van der Waals surface area contributed by atoms with Crippen molar-refractivity contribution in [1.29, 1.82) is 0 Å². The van der Waals surface area contributed by atoms with E-state index in [1.54, 1.807) is 18.2 Å². The van der Waals surface area contributed by atoms with Crippen molar-refractivity contribution in [2.45, 2.75) is 0 Å². The number of fused-ring (bicyclic) bond motifs is 1. The Morgan fingerprint density at radius 3 is 2.74 bits per heavy atom. The van der Waals surface area contributed by atoms with Crippen molar-refractivity contribution in [3.8, 4) is 17.1 Å². The average Bonchev–Trinajstić information content (AvgIpc) is 3.04. The molecule has 23 heavy (non-hydrogen) atoms. The highest BCUT2D eigenvalue weighted by Gasteiger charge is 2.22. The first-order chi connectivity index (χ1) is 11.1. The van der Waals surface area contributed by atoms with E-state index in [4.69, 9.17) is 31.2 Å².